The molecule has 0 aliphatic carbocycles. The Balaban J connectivity index is 3.17. The number of carbonyl (C=O) groups excluding carboxylic acids is 1. The monoisotopic (exact) mass is 172 g/mol. The first-order valence-electron chi connectivity index (χ1n) is 4.41. The van der Waals surface area contributed by atoms with Crippen molar-refractivity contribution >= 4 is 5.91 Å². The highest BCUT2D eigenvalue weighted by molar-refractivity contribution is 5.73. The van der Waals surface area contributed by atoms with Gasteiger partial charge < -0.3 is 11.1 Å². The van der Waals surface area contributed by atoms with E-state index in [1.165, 1.54) is 0 Å². The van der Waals surface area contributed by atoms with Gasteiger partial charge in [-0.25, -0.2) is 0 Å². The van der Waals surface area contributed by atoms with Crippen LogP contribution >= 0.6 is 0 Å². The minimum atomic E-state index is -0.215. The van der Waals surface area contributed by atoms with Gasteiger partial charge in [0.25, 0.3) is 0 Å². The van der Waals surface area contributed by atoms with Crippen LogP contribution in [0, 0.1) is 5.41 Å². The van der Waals surface area contributed by atoms with Gasteiger partial charge in [0.05, 0.1) is 0 Å². The largest absolute Gasteiger partial charge is 0.370 e. The molecule has 1 amide bonds. The summed E-state index contributed by atoms with van der Waals surface area (Å²) in [6, 6.07) is 0. The van der Waals surface area contributed by atoms with Crippen LogP contribution in [0.5, 0.6) is 0 Å². The highest BCUT2D eigenvalue weighted by Crippen LogP contribution is 2.09. The SMILES string of the molecule is CC(C)(C)CNCCCC(N)=O. The van der Waals surface area contributed by atoms with Crippen LogP contribution in [0.3, 0.4) is 0 Å². The molecule has 0 radical (unpaired) electrons. The third kappa shape index (κ3) is 9.43. The molecule has 3 nitrogen and oxygen atoms in total. The number of carbonyl (C=O) groups is 1. The zero-order chi connectivity index (χ0) is 9.61. The van der Waals surface area contributed by atoms with E-state index in [4.69, 9.17) is 5.73 Å². The Bertz CT molecular complexity index is 138. The molecule has 12 heavy (non-hydrogen) atoms. The smallest absolute Gasteiger partial charge is 0.217 e. The quantitative estimate of drug-likeness (QED) is 0.605. The summed E-state index contributed by atoms with van der Waals surface area (Å²) in [6.07, 6.45) is 1.32. The third-order valence-electron chi connectivity index (χ3n) is 1.43. The molecule has 0 aromatic rings. The standard InChI is InChI=1S/C9H20N2O/c1-9(2,3)7-11-6-4-5-8(10)12/h11H,4-7H2,1-3H3,(H2,10,12). The van der Waals surface area contributed by atoms with Crippen LogP contribution < -0.4 is 11.1 Å². The highest BCUT2D eigenvalue weighted by Gasteiger charge is 2.08. The van der Waals surface area contributed by atoms with Gasteiger partial charge in [-0.3, -0.25) is 4.79 Å². The van der Waals surface area contributed by atoms with Crippen LogP contribution in [-0.4, -0.2) is 19.0 Å². The Labute approximate surface area is 74.7 Å². The van der Waals surface area contributed by atoms with E-state index < -0.39 is 0 Å². The molecule has 3 N–H and O–H groups in total. The molecule has 0 fully saturated rings. The Kier molecular flexibility index (Phi) is 4.90. The lowest BCUT2D eigenvalue weighted by Crippen LogP contribution is -2.28. The van der Waals surface area contributed by atoms with Crippen molar-refractivity contribution in [3.63, 3.8) is 0 Å². The lowest BCUT2D eigenvalue weighted by Gasteiger charge is -2.18. The molecule has 0 aliphatic heterocycles. The third-order valence-corrected chi connectivity index (χ3v) is 1.43. The van der Waals surface area contributed by atoms with Crippen LogP contribution in [0.25, 0.3) is 0 Å². The molecule has 0 heterocycles. The molecular weight excluding hydrogens is 152 g/mol. The maximum absolute atomic E-state index is 10.4. The normalized spacial score (nSPS) is 11.6. The van der Waals surface area contributed by atoms with E-state index in [-0.39, 0.29) is 5.91 Å². The number of primary amides is 1. The van der Waals surface area contributed by atoms with Gasteiger partial charge in [0.2, 0.25) is 5.91 Å². The van der Waals surface area contributed by atoms with Gasteiger partial charge in [-0.05, 0) is 24.9 Å². The Morgan fingerprint density at radius 2 is 2.00 bits per heavy atom. The van der Waals surface area contributed by atoms with Crippen LogP contribution in [-0.2, 0) is 4.79 Å². The summed E-state index contributed by atoms with van der Waals surface area (Å²) in [4.78, 5) is 10.4. The molecule has 3 heteroatoms. The van der Waals surface area contributed by atoms with Crippen molar-refractivity contribution in [3.8, 4) is 0 Å². The van der Waals surface area contributed by atoms with Gasteiger partial charge >= 0.3 is 0 Å². The van der Waals surface area contributed by atoms with Crippen molar-refractivity contribution in [3.05, 3.63) is 0 Å². The zero-order valence-electron chi connectivity index (χ0n) is 8.31. The fourth-order valence-corrected chi connectivity index (χ4v) is 0.851. The second kappa shape index (κ2) is 5.14. The second-order valence-electron chi connectivity index (χ2n) is 4.31. The van der Waals surface area contributed by atoms with Gasteiger partial charge in [-0.15, -0.1) is 0 Å². The Morgan fingerprint density at radius 1 is 1.42 bits per heavy atom. The first-order chi connectivity index (χ1) is 5.42. The molecule has 0 aromatic heterocycles. The number of rotatable bonds is 5. The summed E-state index contributed by atoms with van der Waals surface area (Å²) in [5, 5.41) is 3.27. The fourth-order valence-electron chi connectivity index (χ4n) is 0.851. The maximum atomic E-state index is 10.4. The van der Waals surface area contributed by atoms with E-state index in [1.54, 1.807) is 0 Å². The molecule has 0 saturated heterocycles. The van der Waals surface area contributed by atoms with Crippen LogP contribution in [0.15, 0.2) is 0 Å². The first-order valence-corrected chi connectivity index (χ1v) is 4.41. The molecular formula is C9H20N2O. The maximum Gasteiger partial charge on any atom is 0.217 e. The van der Waals surface area contributed by atoms with Crippen molar-refractivity contribution in [2.24, 2.45) is 11.1 Å². The first kappa shape index (κ1) is 11.4. The van der Waals surface area contributed by atoms with Crippen molar-refractivity contribution in [2.75, 3.05) is 13.1 Å². The molecule has 0 saturated carbocycles. The predicted octanol–water partition coefficient (Wildman–Crippen LogP) is 0.888. The average molecular weight is 172 g/mol. The van der Waals surface area contributed by atoms with Crippen molar-refractivity contribution in [1.82, 2.24) is 5.32 Å². The Hall–Kier alpha value is -0.570. The van der Waals surface area contributed by atoms with E-state index in [0.29, 0.717) is 11.8 Å². The van der Waals surface area contributed by atoms with Gasteiger partial charge in [0.1, 0.15) is 0 Å². The lowest BCUT2D eigenvalue weighted by molar-refractivity contribution is -0.118. The fraction of sp³-hybridized carbons (Fsp3) is 0.889. The minimum Gasteiger partial charge on any atom is -0.370 e. The lowest BCUT2D eigenvalue weighted by atomic mass is 9.97. The number of nitrogens with two attached hydrogens (primary N) is 1. The molecule has 0 aromatic carbocycles. The van der Waals surface area contributed by atoms with E-state index >= 15 is 0 Å². The summed E-state index contributed by atoms with van der Waals surface area (Å²) < 4.78 is 0. The van der Waals surface area contributed by atoms with E-state index in [0.717, 1.165) is 19.5 Å². The van der Waals surface area contributed by atoms with Crippen LogP contribution in [0.4, 0.5) is 0 Å². The molecule has 0 aliphatic rings. The van der Waals surface area contributed by atoms with Gasteiger partial charge in [-0.1, -0.05) is 20.8 Å². The molecule has 0 unspecified atom stereocenters. The number of hydrogen-bond donors (Lipinski definition) is 2. The summed E-state index contributed by atoms with van der Waals surface area (Å²) in [6.45, 7) is 8.38. The Morgan fingerprint density at radius 3 is 2.42 bits per heavy atom. The number of amides is 1. The van der Waals surface area contributed by atoms with Crippen molar-refractivity contribution in [1.29, 1.82) is 0 Å². The summed E-state index contributed by atoms with van der Waals surface area (Å²) in [5.41, 5.74) is 5.31. The molecule has 72 valence electrons. The molecule has 0 rings (SSSR count). The predicted molar refractivity (Wildman–Crippen MR) is 50.8 cm³/mol. The molecule has 0 spiro atoms. The number of nitrogens with one attached hydrogen (secondary N) is 1. The van der Waals surface area contributed by atoms with Crippen molar-refractivity contribution in [2.45, 2.75) is 33.6 Å². The molecule has 0 atom stereocenters. The van der Waals surface area contributed by atoms with Gasteiger partial charge in [0, 0.05) is 6.42 Å². The second-order valence-corrected chi connectivity index (χ2v) is 4.31. The summed E-state index contributed by atoms with van der Waals surface area (Å²) in [7, 11) is 0. The molecule has 0 bridgehead atoms. The summed E-state index contributed by atoms with van der Waals surface area (Å²) in [5.74, 6) is -0.215. The van der Waals surface area contributed by atoms with Gasteiger partial charge in [0.15, 0.2) is 0 Å². The van der Waals surface area contributed by atoms with Crippen LogP contribution in [0.1, 0.15) is 33.6 Å². The van der Waals surface area contributed by atoms with E-state index in [1.807, 2.05) is 0 Å². The van der Waals surface area contributed by atoms with Crippen LogP contribution in [0.2, 0.25) is 0 Å². The summed E-state index contributed by atoms with van der Waals surface area (Å²) >= 11 is 0. The van der Waals surface area contributed by atoms with E-state index in [2.05, 4.69) is 26.1 Å². The van der Waals surface area contributed by atoms with Gasteiger partial charge in [-0.2, -0.15) is 0 Å². The average Bonchev–Trinajstić information content (AvgIpc) is 1.83. The zero-order valence-corrected chi connectivity index (χ0v) is 8.31. The topological polar surface area (TPSA) is 55.1 Å². The van der Waals surface area contributed by atoms with E-state index in [9.17, 15) is 4.79 Å². The number of hydrogen-bond acceptors (Lipinski definition) is 2. The highest BCUT2D eigenvalue weighted by atomic mass is 16.1. The van der Waals surface area contributed by atoms with Crippen molar-refractivity contribution < 1.29 is 4.79 Å². The minimum absolute atomic E-state index is 0.215.